The lowest BCUT2D eigenvalue weighted by Crippen LogP contribution is -2.38. The smallest absolute Gasteiger partial charge is 0.271 e. The van der Waals surface area contributed by atoms with Gasteiger partial charge in [0.1, 0.15) is 5.82 Å². The van der Waals surface area contributed by atoms with Crippen LogP contribution in [0.2, 0.25) is 0 Å². The molecule has 1 aliphatic carbocycles. The van der Waals surface area contributed by atoms with Gasteiger partial charge in [0.25, 0.3) is 5.56 Å². The maximum absolute atomic E-state index is 13.9. The Hall–Kier alpha value is -3.77. The summed E-state index contributed by atoms with van der Waals surface area (Å²) in [6.07, 6.45) is 6.19. The maximum Gasteiger partial charge on any atom is 0.271 e. The van der Waals surface area contributed by atoms with Gasteiger partial charge in [-0.15, -0.1) is 0 Å². The molecule has 0 spiro atoms. The number of allylic oxidation sites excluding steroid dienone is 1. The number of hydrogen-bond acceptors (Lipinski definition) is 4. The quantitative estimate of drug-likeness (QED) is 0.364. The van der Waals surface area contributed by atoms with Gasteiger partial charge in [0.15, 0.2) is 4.80 Å². The molecule has 1 aromatic heterocycles. The van der Waals surface area contributed by atoms with Crippen molar-refractivity contribution < 1.29 is 4.39 Å². The molecule has 0 bridgehead atoms. The Morgan fingerprint density at radius 2 is 1.79 bits per heavy atom. The lowest BCUT2D eigenvalue weighted by molar-refractivity contribution is 0.581. The van der Waals surface area contributed by atoms with Gasteiger partial charge in [0.05, 0.1) is 16.3 Å². The molecule has 1 saturated heterocycles. The molecule has 190 valence electrons. The van der Waals surface area contributed by atoms with Crippen molar-refractivity contribution in [3.8, 4) is 0 Å². The summed E-state index contributed by atoms with van der Waals surface area (Å²) in [6, 6.07) is 21.1. The Bertz CT molecular complexity index is 1770. The normalized spacial score (nSPS) is 18.7. The van der Waals surface area contributed by atoms with Gasteiger partial charge in [-0.25, -0.2) is 9.38 Å². The first-order chi connectivity index (χ1) is 18.6. The topological polar surface area (TPSA) is 37.6 Å². The average Bonchev–Trinajstić information content (AvgIpc) is 3.57. The fraction of sp³-hybridized carbons (Fsp3) is 0.250. The third-order valence-corrected chi connectivity index (χ3v) is 9.01. The van der Waals surface area contributed by atoms with Crippen LogP contribution in [0, 0.1) is 12.7 Å². The zero-order chi connectivity index (χ0) is 25.8. The van der Waals surface area contributed by atoms with Crippen LogP contribution in [0.25, 0.3) is 11.8 Å². The maximum atomic E-state index is 13.9. The molecule has 0 N–H and O–H groups in total. The molecule has 1 atom stereocenters. The van der Waals surface area contributed by atoms with Gasteiger partial charge in [-0.05, 0) is 90.8 Å². The highest BCUT2D eigenvalue weighted by atomic mass is 32.1. The van der Waals surface area contributed by atoms with Crippen molar-refractivity contribution in [3.63, 3.8) is 0 Å². The summed E-state index contributed by atoms with van der Waals surface area (Å²) in [5.74, 6) is -0.280. The summed E-state index contributed by atoms with van der Waals surface area (Å²) in [6.45, 7) is 4.36. The molecule has 0 saturated carbocycles. The predicted molar refractivity (Wildman–Crippen MR) is 152 cm³/mol. The number of nitrogens with zero attached hydrogens (tertiary/aromatic N) is 3. The lowest BCUT2D eigenvalue weighted by atomic mass is 9.83. The summed E-state index contributed by atoms with van der Waals surface area (Å²) in [4.78, 5) is 22.1. The number of benzene rings is 3. The van der Waals surface area contributed by atoms with E-state index in [-0.39, 0.29) is 17.4 Å². The highest BCUT2D eigenvalue weighted by molar-refractivity contribution is 7.07. The predicted octanol–water partition coefficient (Wildman–Crippen LogP) is 5.37. The van der Waals surface area contributed by atoms with Gasteiger partial charge in [0.2, 0.25) is 0 Å². The van der Waals surface area contributed by atoms with Gasteiger partial charge >= 0.3 is 0 Å². The standard InChI is InChI=1S/C32H28FN3OS/c1-20-18-21(8-15-27(20)35-16-4-5-17-35)19-28-31(37)36-30(23-9-12-24(33)13-10-23)26-14-11-22-6-2-3-7-25(22)29(26)34-32(36)38-28/h2-3,6-10,12-13,15,18-19,30H,4-5,11,14,16-17H2,1H3/b28-19+. The van der Waals surface area contributed by atoms with E-state index in [0.29, 0.717) is 9.33 Å². The first-order valence-electron chi connectivity index (χ1n) is 13.3. The minimum Gasteiger partial charge on any atom is -0.371 e. The van der Waals surface area contributed by atoms with Crippen LogP contribution in [0.15, 0.2) is 82.1 Å². The second-order valence-electron chi connectivity index (χ2n) is 10.4. The number of halogens is 1. The summed E-state index contributed by atoms with van der Waals surface area (Å²) in [5, 5.41) is 0. The van der Waals surface area contributed by atoms with Crippen LogP contribution < -0.4 is 19.8 Å². The van der Waals surface area contributed by atoms with Crippen molar-refractivity contribution >= 4 is 28.8 Å². The highest BCUT2D eigenvalue weighted by Gasteiger charge is 2.32. The molecular weight excluding hydrogens is 493 g/mol. The van der Waals surface area contributed by atoms with Gasteiger partial charge in [0, 0.05) is 24.3 Å². The number of hydrogen-bond donors (Lipinski definition) is 0. The summed E-state index contributed by atoms with van der Waals surface area (Å²) >= 11 is 1.43. The highest BCUT2D eigenvalue weighted by Crippen LogP contribution is 2.41. The van der Waals surface area contributed by atoms with Crippen LogP contribution in [-0.2, 0) is 6.42 Å². The van der Waals surface area contributed by atoms with E-state index in [4.69, 9.17) is 4.99 Å². The first-order valence-corrected chi connectivity index (χ1v) is 14.1. The van der Waals surface area contributed by atoms with Crippen LogP contribution in [0.5, 0.6) is 0 Å². The van der Waals surface area contributed by atoms with Gasteiger partial charge in [-0.2, -0.15) is 0 Å². The minimum absolute atomic E-state index is 0.0465. The Kier molecular flexibility index (Phi) is 5.66. The summed E-state index contributed by atoms with van der Waals surface area (Å²) < 4.78 is 16.3. The molecule has 1 fully saturated rings. The lowest BCUT2D eigenvalue weighted by Gasteiger charge is -2.30. The summed E-state index contributed by atoms with van der Waals surface area (Å²) in [7, 11) is 0. The van der Waals surface area contributed by atoms with Crippen LogP contribution in [0.3, 0.4) is 0 Å². The summed E-state index contributed by atoms with van der Waals surface area (Å²) in [5.41, 5.74) is 8.88. The fourth-order valence-electron chi connectivity index (χ4n) is 6.20. The molecule has 3 aliphatic rings. The van der Waals surface area contributed by atoms with E-state index in [0.717, 1.165) is 53.9 Å². The monoisotopic (exact) mass is 521 g/mol. The molecule has 0 amide bonds. The number of fused-ring (bicyclic) bond motifs is 3. The van der Waals surface area contributed by atoms with Crippen molar-refractivity contribution in [2.24, 2.45) is 4.99 Å². The largest absolute Gasteiger partial charge is 0.371 e. The third-order valence-electron chi connectivity index (χ3n) is 8.02. The number of anilines is 1. The van der Waals surface area contributed by atoms with Crippen LogP contribution in [0.1, 0.15) is 53.1 Å². The van der Waals surface area contributed by atoms with E-state index in [9.17, 15) is 9.18 Å². The van der Waals surface area contributed by atoms with Crippen molar-refractivity contribution in [1.29, 1.82) is 0 Å². The molecule has 1 unspecified atom stereocenters. The molecule has 6 heteroatoms. The zero-order valence-electron chi connectivity index (χ0n) is 21.3. The van der Waals surface area contributed by atoms with Gasteiger partial charge in [-0.1, -0.05) is 53.8 Å². The molecule has 4 aromatic rings. The molecular formula is C32H28FN3OS. The van der Waals surface area contributed by atoms with E-state index < -0.39 is 0 Å². The molecule has 0 radical (unpaired) electrons. The van der Waals surface area contributed by atoms with Crippen molar-refractivity contribution in [2.75, 3.05) is 18.0 Å². The van der Waals surface area contributed by atoms with Crippen LogP contribution in [-0.4, -0.2) is 17.7 Å². The van der Waals surface area contributed by atoms with Crippen molar-refractivity contribution in [2.45, 2.75) is 38.6 Å². The van der Waals surface area contributed by atoms with E-state index in [1.807, 2.05) is 16.7 Å². The van der Waals surface area contributed by atoms with Gasteiger partial charge < -0.3 is 4.90 Å². The molecule has 4 nitrogen and oxygen atoms in total. The van der Waals surface area contributed by atoms with E-state index in [1.54, 1.807) is 12.1 Å². The Balaban J connectivity index is 1.39. The number of rotatable bonds is 3. The fourth-order valence-corrected chi connectivity index (χ4v) is 7.20. The van der Waals surface area contributed by atoms with Gasteiger partial charge in [-0.3, -0.25) is 9.36 Å². The molecule has 38 heavy (non-hydrogen) atoms. The number of aryl methyl sites for hydroxylation is 2. The van der Waals surface area contributed by atoms with E-state index >= 15 is 0 Å². The zero-order valence-corrected chi connectivity index (χ0v) is 22.1. The first kappa shape index (κ1) is 23.4. The van der Waals surface area contributed by atoms with Crippen molar-refractivity contribution in [3.05, 3.63) is 126 Å². The molecule has 7 rings (SSSR count). The average molecular weight is 522 g/mol. The molecule has 2 aliphatic heterocycles. The van der Waals surface area contributed by atoms with Crippen LogP contribution >= 0.6 is 11.3 Å². The third kappa shape index (κ3) is 3.86. The Morgan fingerprint density at radius 1 is 1.00 bits per heavy atom. The van der Waals surface area contributed by atoms with E-state index in [1.165, 1.54) is 53.1 Å². The second kappa shape index (κ2) is 9.21. The second-order valence-corrected chi connectivity index (χ2v) is 11.4. The minimum atomic E-state index is -0.295. The molecule has 3 aromatic carbocycles. The Labute approximate surface area is 224 Å². The number of thiazole rings is 1. The number of aromatic nitrogens is 1. The molecule has 3 heterocycles. The van der Waals surface area contributed by atoms with Crippen LogP contribution in [0.4, 0.5) is 10.1 Å². The Morgan fingerprint density at radius 3 is 2.58 bits per heavy atom. The SMILES string of the molecule is Cc1cc(/C=c2/sc3n(c2=O)C(c2ccc(F)cc2)C2=C(N=3)c3ccccc3CC2)ccc1N1CCCC1. The van der Waals surface area contributed by atoms with E-state index in [2.05, 4.69) is 48.2 Å². The van der Waals surface area contributed by atoms with Crippen molar-refractivity contribution in [1.82, 2.24) is 4.57 Å².